The van der Waals surface area contributed by atoms with Gasteiger partial charge in [0.2, 0.25) is 0 Å². The van der Waals surface area contributed by atoms with Gasteiger partial charge in [0.15, 0.2) is 0 Å². The highest BCUT2D eigenvalue weighted by atomic mass is 32.1. The van der Waals surface area contributed by atoms with Gasteiger partial charge in [0.05, 0.1) is 11.1 Å². The molecule has 1 N–H and O–H groups in total. The van der Waals surface area contributed by atoms with Crippen LogP contribution in [0, 0.1) is 25.2 Å². The third kappa shape index (κ3) is 1.59. The maximum Gasteiger partial charge on any atom is 0.336 e. The minimum Gasteiger partial charge on any atom is -0.478 e. The van der Waals surface area contributed by atoms with E-state index in [1.54, 1.807) is 13.8 Å². The number of hydrogen-bond donors (Lipinski definition) is 2. The van der Waals surface area contributed by atoms with E-state index in [0.29, 0.717) is 21.6 Å². The van der Waals surface area contributed by atoms with Crippen LogP contribution < -0.4 is 0 Å². The first-order valence-corrected chi connectivity index (χ1v) is 4.40. The summed E-state index contributed by atoms with van der Waals surface area (Å²) in [6.07, 6.45) is 0. The second-order valence-electron chi connectivity index (χ2n) is 2.99. The zero-order valence-electron chi connectivity index (χ0n) is 7.83. The third-order valence-corrected chi connectivity index (χ3v) is 2.57. The van der Waals surface area contributed by atoms with Crippen LogP contribution in [0.4, 0.5) is 0 Å². The fourth-order valence-corrected chi connectivity index (χ4v) is 1.61. The highest BCUT2D eigenvalue weighted by molar-refractivity contribution is 7.80. The fraction of sp³-hybridized carbons (Fsp3) is 0.200. The lowest BCUT2D eigenvalue weighted by molar-refractivity contribution is 0.0695. The number of carboxylic acid groups (broad SMARTS) is 1. The molecule has 4 heteroatoms. The minimum atomic E-state index is -0.995. The van der Waals surface area contributed by atoms with E-state index >= 15 is 0 Å². The van der Waals surface area contributed by atoms with Crippen LogP contribution in [0.5, 0.6) is 0 Å². The van der Waals surface area contributed by atoms with Gasteiger partial charge < -0.3 is 5.11 Å². The van der Waals surface area contributed by atoms with Crippen LogP contribution in [0.25, 0.3) is 0 Å². The van der Waals surface area contributed by atoms with Crippen LogP contribution in [-0.2, 0) is 0 Å². The Morgan fingerprint density at radius 2 is 2.07 bits per heavy atom. The maximum absolute atomic E-state index is 10.8. The minimum absolute atomic E-state index is 0.200. The summed E-state index contributed by atoms with van der Waals surface area (Å²) in [5.74, 6) is -0.995. The van der Waals surface area contributed by atoms with E-state index in [1.165, 1.54) is 6.07 Å². The van der Waals surface area contributed by atoms with E-state index < -0.39 is 5.97 Å². The Hall–Kier alpha value is -1.47. The molecule has 0 spiro atoms. The molecule has 0 unspecified atom stereocenters. The van der Waals surface area contributed by atoms with E-state index in [4.69, 9.17) is 10.4 Å². The Labute approximate surface area is 87.4 Å². The Bertz CT molecular complexity index is 446. The van der Waals surface area contributed by atoms with Crippen LogP contribution in [0.1, 0.15) is 27.0 Å². The van der Waals surface area contributed by atoms with Crippen LogP contribution in [0.15, 0.2) is 11.0 Å². The summed E-state index contributed by atoms with van der Waals surface area (Å²) in [6, 6.07) is 3.41. The lowest BCUT2D eigenvalue weighted by atomic mass is 9.98. The maximum atomic E-state index is 10.8. The monoisotopic (exact) mass is 207 g/mol. The van der Waals surface area contributed by atoms with Gasteiger partial charge in [-0.15, -0.1) is 12.6 Å². The summed E-state index contributed by atoms with van der Waals surface area (Å²) >= 11 is 4.07. The van der Waals surface area contributed by atoms with E-state index in [1.807, 2.05) is 6.07 Å². The highest BCUT2D eigenvalue weighted by Gasteiger charge is 2.14. The van der Waals surface area contributed by atoms with Crippen molar-refractivity contribution in [2.24, 2.45) is 0 Å². The van der Waals surface area contributed by atoms with Gasteiger partial charge >= 0.3 is 5.97 Å². The van der Waals surface area contributed by atoms with Gasteiger partial charge in [0, 0.05) is 4.90 Å². The number of nitriles is 1. The number of carbonyl (C=O) groups is 1. The first-order valence-electron chi connectivity index (χ1n) is 3.95. The average molecular weight is 207 g/mol. The van der Waals surface area contributed by atoms with Gasteiger partial charge in [-0.2, -0.15) is 5.26 Å². The lowest BCUT2D eigenvalue weighted by Crippen LogP contribution is -2.03. The van der Waals surface area contributed by atoms with Gasteiger partial charge in [-0.1, -0.05) is 0 Å². The molecular weight excluding hydrogens is 198 g/mol. The molecule has 0 saturated heterocycles. The van der Waals surface area contributed by atoms with E-state index in [-0.39, 0.29) is 5.56 Å². The van der Waals surface area contributed by atoms with Crippen molar-refractivity contribution in [1.82, 2.24) is 0 Å². The van der Waals surface area contributed by atoms with Crippen molar-refractivity contribution < 1.29 is 9.90 Å². The Balaban J connectivity index is 3.58. The first-order chi connectivity index (χ1) is 6.49. The summed E-state index contributed by atoms with van der Waals surface area (Å²) in [7, 11) is 0. The van der Waals surface area contributed by atoms with Crippen molar-refractivity contribution >= 4 is 18.6 Å². The van der Waals surface area contributed by atoms with E-state index in [2.05, 4.69) is 12.6 Å². The molecule has 0 radical (unpaired) electrons. The van der Waals surface area contributed by atoms with Crippen LogP contribution in [-0.4, -0.2) is 11.1 Å². The molecule has 0 atom stereocenters. The molecule has 0 fully saturated rings. The summed E-state index contributed by atoms with van der Waals surface area (Å²) in [4.78, 5) is 11.2. The number of benzene rings is 1. The molecule has 0 amide bonds. The van der Waals surface area contributed by atoms with Crippen molar-refractivity contribution in [2.45, 2.75) is 18.7 Å². The molecule has 0 aliphatic rings. The van der Waals surface area contributed by atoms with E-state index in [9.17, 15) is 4.79 Å². The Kier molecular flexibility index (Phi) is 2.82. The Morgan fingerprint density at radius 1 is 1.50 bits per heavy atom. The second-order valence-corrected chi connectivity index (χ2v) is 3.47. The standard InChI is InChI=1S/C10H9NO2S/c1-5-6(2)8(4-11)9(14)3-7(5)10(12)13/h3,14H,1-2H3,(H,12,13). The lowest BCUT2D eigenvalue weighted by Gasteiger charge is -2.08. The molecule has 1 aromatic rings. The number of hydrogen-bond acceptors (Lipinski definition) is 3. The summed E-state index contributed by atoms with van der Waals surface area (Å²) in [6.45, 7) is 3.41. The number of aromatic carboxylic acids is 1. The molecule has 0 saturated carbocycles. The molecule has 14 heavy (non-hydrogen) atoms. The number of thiol groups is 1. The summed E-state index contributed by atoms with van der Waals surface area (Å²) < 4.78 is 0. The van der Waals surface area contributed by atoms with Crippen molar-refractivity contribution in [3.05, 3.63) is 28.3 Å². The molecule has 0 heterocycles. The normalized spacial score (nSPS) is 9.57. The molecule has 0 bridgehead atoms. The predicted octanol–water partition coefficient (Wildman–Crippen LogP) is 2.16. The van der Waals surface area contributed by atoms with Gasteiger partial charge in [0.1, 0.15) is 6.07 Å². The van der Waals surface area contributed by atoms with Crippen molar-refractivity contribution in [3.8, 4) is 6.07 Å². The first kappa shape index (κ1) is 10.6. The zero-order valence-corrected chi connectivity index (χ0v) is 8.72. The average Bonchev–Trinajstić information content (AvgIpc) is 2.12. The van der Waals surface area contributed by atoms with Crippen LogP contribution >= 0.6 is 12.6 Å². The topological polar surface area (TPSA) is 61.1 Å². The summed E-state index contributed by atoms with van der Waals surface area (Å²) in [5.41, 5.74) is 1.94. The molecular formula is C10H9NO2S. The van der Waals surface area contributed by atoms with Crippen molar-refractivity contribution in [2.75, 3.05) is 0 Å². The van der Waals surface area contributed by atoms with Gasteiger partial charge in [-0.05, 0) is 31.0 Å². The quantitative estimate of drug-likeness (QED) is 0.694. The molecule has 1 rings (SSSR count). The van der Waals surface area contributed by atoms with Crippen LogP contribution in [0.2, 0.25) is 0 Å². The fourth-order valence-electron chi connectivity index (χ4n) is 1.26. The number of rotatable bonds is 1. The molecule has 1 aromatic carbocycles. The molecule has 0 aliphatic heterocycles. The highest BCUT2D eigenvalue weighted by Crippen LogP contribution is 2.24. The Morgan fingerprint density at radius 3 is 2.50 bits per heavy atom. The number of carboxylic acids is 1. The SMILES string of the molecule is Cc1c(C(=O)O)cc(S)c(C#N)c1C. The summed E-state index contributed by atoms with van der Waals surface area (Å²) in [5, 5.41) is 17.7. The van der Waals surface area contributed by atoms with Gasteiger partial charge in [0.25, 0.3) is 0 Å². The molecule has 3 nitrogen and oxygen atoms in total. The largest absolute Gasteiger partial charge is 0.478 e. The molecule has 72 valence electrons. The van der Waals surface area contributed by atoms with Crippen LogP contribution in [0.3, 0.4) is 0 Å². The molecule has 0 aromatic heterocycles. The van der Waals surface area contributed by atoms with Crippen molar-refractivity contribution in [1.29, 1.82) is 5.26 Å². The third-order valence-electron chi connectivity index (χ3n) is 2.22. The molecule has 0 aliphatic carbocycles. The number of nitrogens with zero attached hydrogens (tertiary/aromatic N) is 1. The van der Waals surface area contributed by atoms with E-state index in [0.717, 1.165) is 0 Å². The van der Waals surface area contributed by atoms with Crippen molar-refractivity contribution in [3.63, 3.8) is 0 Å². The second kappa shape index (κ2) is 3.72. The predicted molar refractivity (Wildman–Crippen MR) is 54.8 cm³/mol. The van der Waals surface area contributed by atoms with Gasteiger partial charge in [-0.25, -0.2) is 4.79 Å². The van der Waals surface area contributed by atoms with Gasteiger partial charge in [-0.3, -0.25) is 0 Å². The smallest absolute Gasteiger partial charge is 0.336 e. The zero-order chi connectivity index (χ0) is 10.9.